The van der Waals surface area contributed by atoms with Crippen molar-refractivity contribution in [1.29, 1.82) is 0 Å². The Kier molecular flexibility index (Phi) is 5.34. The van der Waals surface area contributed by atoms with Gasteiger partial charge in [-0.05, 0) is 57.4 Å². The molecule has 0 aliphatic carbocycles. The lowest BCUT2D eigenvalue weighted by Gasteiger charge is -2.40. The first kappa shape index (κ1) is 20.8. The minimum Gasteiger partial charge on any atom is -0.508 e. The number of rotatable bonds is 3. The van der Waals surface area contributed by atoms with E-state index >= 15 is 0 Å². The third-order valence-electron chi connectivity index (χ3n) is 4.93. The van der Waals surface area contributed by atoms with Gasteiger partial charge in [0.2, 0.25) is 0 Å². The fourth-order valence-electron chi connectivity index (χ4n) is 3.58. The van der Waals surface area contributed by atoms with Gasteiger partial charge in [0.1, 0.15) is 17.0 Å². The van der Waals surface area contributed by atoms with Crippen LogP contribution in [0.1, 0.15) is 45.7 Å². The van der Waals surface area contributed by atoms with Crippen molar-refractivity contribution in [3.05, 3.63) is 57.4 Å². The highest BCUT2D eigenvalue weighted by Crippen LogP contribution is 2.42. The minimum absolute atomic E-state index is 0.0705. The van der Waals surface area contributed by atoms with E-state index in [1.54, 1.807) is 33.8 Å². The number of benzene rings is 1. The molecule has 2 heterocycles. The third-order valence-corrected chi connectivity index (χ3v) is 5.43. The van der Waals surface area contributed by atoms with Crippen LogP contribution < -0.4 is 0 Å². The zero-order chi connectivity index (χ0) is 20.9. The Morgan fingerprint density at radius 3 is 2.39 bits per heavy atom. The predicted molar refractivity (Wildman–Crippen MR) is 113 cm³/mol. The summed E-state index contributed by atoms with van der Waals surface area (Å²) in [5.41, 5.74) is 1.16. The molecule has 28 heavy (non-hydrogen) atoms. The molecule has 3 rings (SSSR count). The molecule has 0 unspecified atom stereocenters. The van der Waals surface area contributed by atoms with Crippen LogP contribution in [0.4, 0.5) is 0 Å². The third kappa shape index (κ3) is 3.57. The number of hydrogen-bond donors (Lipinski definition) is 1. The first-order valence-corrected chi connectivity index (χ1v) is 9.87. The van der Waals surface area contributed by atoms with Gasteiger partial charge in [-0.25, -0.2) is 0 Å². The minimum atomic E-state index is -1.05. The van der Waals surface area contributed by atoms with Crippen LogP contribution in [0, 0.1) is 0 Å². The van der Waals surface area contributed by atoms with Crippen LogP contribution in [0.15, 0.2) is 36.2 Å². The van der Waals surface area contributed by atoms with Crippen LogP contribution in [0.2, 0.25) is 10.0 Å². The lowest BCUT2D eigenvalue weighted by molar-refractivity contribution is -0.158. The van der Waals surface area contributed by atoms with E-state index in [0.29, 0.717) is 27.7 Å². The van der Waals surface area contributed by atoms with E-state index < -0.39 is 11.2 Å². The summed E-state index contributed by atoms with van der Waals surface area (Å²) in [6.07, 6.45) is 2.22. The van der Waals surface area contributed by atoms with E-state index in [0.717, 1.165) is 11.1 Å². The van der Waals surface area contributed by atoms with E-state index in [1.165, 1.54) is 6.20 Å². The molecule has 1 aliphatic heterocycles. The SMILES string of the molecule is CCc1ccc(-c2ncc(Cl)cc2Cl)cc1C1=C(O)C(C)(C)OC(C)(C)C1=O. The van der Waals surface area contributed by atoms with Crippen molar-refractivity contribution < 1.29 is 14.6 Å². The molecule has 1 aromatic heterocycles. The van der Waals surface area contributed by atoms with E-state index in [9.17, 15) is 9.90 Å². The normalized spacial score (nSPS) is 18.5. The van der Waals surface area contributed by atoms with Crippen LogP contribution in [0.5, 0.6) is 0 Å². The number of Topliss-reactive ketones (excluding diaryl/α,β-unsaturated/α-hetero) is 1. The van der Waals surface area contributed by atoms with E-state index in [-0.39, 0.29) is 17.1 Å². The molecule has 0 spiro atoms. The van der Waals surface area contributed by atoms with E-state index in [2.05, 4.69) is 4.98 Å². The van der Waals surface area contributed by atoms with Crippen molar-refractivity contribution in [1.82, 2.24) is 4.98 Å². The summed E-state index contributed by atoms with van der Waals surface area (Å²) in [7, 11) is 0. The van der Waals surface area contributed by atoms with Gasteiger partial charge < -0.3 is 9.84 Å². The standard InChI is InChI=1S/C22H23Cl2NO3/c1-6-12-7-8-13(18-16(24)10-14(23)11-25-18)9-15(12)17-19(26)21(2,3)28-22(4,5)20(17)27/h7-11,26H,6H2,1-5H3. The number of halogens is 2. The van der Waals surface area contributed by atoms with Crippen molar-refractivity contribution in [3.63, 3.8) is 0 Å². The maximum Gasteiger partial charge on any atom is 0.198 e. The summed E-state index contributed by atoms with van der Waals surface area (Å²) >= 11 is 12.3. The maximum absolute atomic E-state index is 13.2. The number of nitrogens with zero attached hydrogens (tertiary/aromatic N) is 1. The number of aryl methyl sites for hydroxylation is 1. The fraction of sp³-hybridized carbons (Fsp3) is 0.364. The van der Waals surface area contributed by atoms with Gasteiger partial charge in [-0.1, -0.05) is 42.3 Å². The molecule has 148 valence electrons. The molecular weight excluding hydrogens is 397 g/mol. The predicted octanol–water partition coefficient (Wildman–Crippen LogP) is 6.04. The molecule has 1 aromatic carbocycles. The summed E-state index contributed by atoms with van der Waals surface area (Å²) < 4.78 is 5.85. The number of carbonyl (C=O) groups is 1. The van der Waals surface area contributed by atoms with Gasteiger partial charge in [0, 0.05) is 11.8 Å². The maximum atomic E-state index is 13.2. The van der Waals surface area contributed by atoms with Crippen LogP contribution in [0.3, 0.4) is 0 Å². The van der Waals surface area contributed by atoms with E-state index in [4.69, 9.17) is 27.9 Å². The highest BCUT2D eigenvalue weighted by Gasteiger charge is 2.47. The molecule has 0 bridgehead atoms. The lowest BCUT2D eigenvalue weighted by atomic mass is 9.81. The topological polar surface area (TPSA) is 59.4 Å². The molecule has 1 aliphatic rings. The number of hydrogen-bond acceptors (Lipinski definition) is 4. The van der Waals surface area contributed by atoms with Gasteiger partial charge >= 0.3 is 0 Å². The Balaban J connectivity index is 2.27. The molecule has 2 aromatic rings. The monoisotopic (exact) mass is 419 g/mol. The second-order valence-electron chi connectivity index (χ2n) is 7.88. The van der Waals surface area contributed by atoms with Crippen molar-refractivity contribution >= 4 is 34.6 Å². The first-order valence-electron chi connectivity index (χ1n) is 9.11. The number of pyridine rings is 1. The molecule has 4 nitrogen and oxygen atoms in total. The summed E-state index contributed by atoms with van der Waals surface area (Å²) in [6.45, 7) is 8.95. The van der Waals surface area contributed by atoms with Gasteiger partial charge in [0.25, 0.3) is 0 Å². The second-order valence-corrected chi connectivity index (χ2v) is 8.73. The number of aromatic nitrogens is 1. The first-order chi connectivity index (χ1) is 13.0. The molecule has 1 N–H and O–H groups in total. The highest BCUT2D eigenvalue weighted by molar-refractivity contribution is 6.36. The summed E-state index contributed by atoms with van der Waals surface area (Å²) in [5.74, 6) is -0.329. The Hall–Kier alpha value is -1.88. The second kappa shape index (κ2) is 7.18. The van der Waals surface area contributed by atoms with Gasteiger partial charge in [-0.3, -0.25) is 9.78 Å². The molecule has 0 fully saturated rings. The summed E-state index contributed by atoms with van der Waals surface area (Å²) in [5, 5.41) is 11.8. The lowest BCUT2D eigenvalue weighted by Crippen LogP contribution is -2.49. The number of ketones is 1. The largest absolute Gasteiger partial charge is 0.508 e. The van der Waals surface area contributed by atoms with Crippen molar-refractivity contribution in [2.45, 2.75) is 52.2 Å². The number of carbonyl (C=O) groups excluding carboxylic acids is 1. The van der Waals surface area contributed by atoms with Gasteiger partial charge in [0.05, 0.1) is 21.3 Å². The van der Waals surface area contributed by atoms with Crippen molar-refractivity contribution in [2.75, 3.05) is 0 Å². The molecule has 0 saturated carbocycles. The highest BCUT2D eigenvalue weighted by atomic mass is 35.5. The van der Waals surface area contributed by atoms with Crippen LogP contribution in [-0.2, 0) is 16.0 Å². The number of ether oxygens (including phenoxy) is 1. The molecular formula is C22H23Cl2NO3. The van der Waals surface area contributed by atoms with Crippen molar-refractivity contribution in [3.8, 4) is 11.3 Å². The van der Waals surface area contributed by atoms with Gasteiger partial charge in [-0.2, -0.15) is 0 Å². The molecule has 0 amide bonds. The molecule has 0 radical (unpaired) electrons. The summed E-state index contributed by atoms with van der Waals surface area (Å²) in [4.78, 5) is 17.5. The zero-order valence-electron chi connectivity index (χ0n) is 16.6. The molecule has 0 atom stereocenters. The Morgan fingerprint density at radius 2 is 1.79 bits per heavy atom. The Labute approximate surface area is 175 Å². The van der Waals surface area contributed by atoms with Crippen LogP contribution in [-0.4, -0.2) is 27.1 Å². The van der Waals surface area contributed by atoms with Crippen LogP contribution >= 0.6 is 23.2 Å². The van der Waals surface area contributed by atoms with Gasteiger partial charge in [-0.15, -0.1) is 0 Å². The number of aliphatic hydroxyl groups is 1. The Bertz CT molecular complexity index is 993. The van der Waals surface area contributed by atoms with Crippen LogP contribution in [0.25, 0.3) is 16.8 Å². The van der Waals surface area contributed by atoms with E-state index in [1.807, 2.05) is 25.1 Å². The number of aliphatic hydroxyl groups excluding tert-OH is 1. The molecule has 6 heteroatoms. The zero-order valence-corrected chi connectivity index (χ0v) is 18.1. The average Bonchev–Trinajstić information content (AvgIpc) is 2.60. The smallest absolute Gasteiger partial charge is 0.198 e. The quantitative estimate of drug-likeness (QED) is 0.657. The fourth-order valence-corrected chi connectivity index (χ4v) is 4.07. The molecule has 0 saturated heterocycles. The van der Waals surface area contributed by atoms with Gasteiger partial charge in [0.15, 0.2) is 5.78 Å². The Morgan fingerprint density at radius 1 is 1.11 bits per heavy atom. The summed E-state index contributed by atoms with van der Waals surface area (Å²) in [6, 6.07) is 7.31. The van der Waals surface area contributed by atoms with Crippen molar-refractivity contribution in [2.24, 2.45) is 0 Å². The average molecular weight is 420 g/mol.